The summed E-state index contributed by atoms with van der Waals surface area (Å²) in [5, 5.41) is 8.18. The third-order valence-corrected chi connectivity index (χ3v) is 9.42. The van der Waals surface area contributed by atoms with Crippen LogP contribution in [0.3, 0.4) is 0 Å². The van der Waals surface area contributed by atoms with E-state index < -0.39 is 62.3 Å². The third kappa shape index (κ3) is 5.64. The van der Waals surface area contributed by atoms with Gasteiger partial charge in [-0.3, -0.25) is 13.7 Å². The molecule has 0 bridgehead atoms. The molecule has 12 nitrogen and oxygen atoms in total. The SMILES string of the molecule is CC(C)(OC1C(O)[C@H](n2ccc(N)nc2=O)O[C@@H]1COP(=O)(O)C(C)(C)C)P(C)(=O)O. The summed E-state index contributed by atoms with van der Waals surface area (Å²) in [7, 11) is -7.88. The van der Waals surface area contributed by atoms with Crippen LogP contribution in [0.15, 0.2) is 17.1 Å². The van der Waals surface area contributed by atoms with Crippen LogP contribution in [-0.2, 0) is 23.1 Å². The van der Waals surface area contributed by atoms with E-state index in [9.17, 15) is 28.8 Å². The fraction of sp³-hybridized carbons (Fsp3) is 0.765. The molecule has 6 atom stereocenters. The van der Waals surface area contributed by atoms with Crippen molar-refractivity contribution in [3.63, 3.8) is 0 Å². The van der Waals surface area contributed by atoms with Crippen molar-refractivity contribution in [2.24, 2.45) is 0 Å². The Bertz CT molecular complexity index is 953. The highest BCUT2D eigenvalue weighted by molar-refractivity contribution is 7.58. The fourth-order valence-corrected chi connectivity index (χ4v) is 3.70. The Morgan fingerprint density at radius 3 is 2.32 bits per heavy atom. The molecule has 0 radical (unpaired) electrons. The monoisotopic (exact) mass is 483 g/mol. The van der Waals surface area contributed by atoms with Crippen molar-refractivity contribution in [2.45, 2.75) is 69.7 Å². The van der Waals surface area contributed by atoms with Gasteiger partial charge in [0.1, 0.15) is 29.5 Å². The van der Waals surface area contributed by atoms with E-state index >= 15 is 0 Å². The van der Waals surface area contributed by atoms with Crippen molar-refractivity contribution in [2.75, 3.05) is 19.0 Å². The second-order valence-corrected chi connectivity index (χ2v) is 14.5. The molecule has 1 fully saturated rings. The maximum absolute atomic E-state index is 12.5. The maximum atomic E-state index is 12.5. The Labute approximate surface area is 180 Å². The summed E-state index contributed by atoms with van der Waals surface area (Å²) in [6.45, 7) is 7.94. The van der Waals surface area contributed by atoms with Gasteiger partial charge in [0, 0.05) is 12.9 Å². The first kappa shape index (κ1) is 26.2. The average molecular weight is 483 g/mol. The Hall–Kier alpha value is -1.10. The van der Waals surface area contributed by atoms with Gasteiger partial charge >= 0.3 is 13.3 Å². The van der Waals surface area contributed by atoms with Crippen LogP contribution >= 0.6 is 15.0 Å². The first-order chi connectivity index (χ1) is 13.9. The standard InChI is InChI=1S/C17H31N3O9P2/c1-16(2,3)31(25,26)27-9-10-13(29-17(4,5)30(6,23)24)12(21)14(28-10)20-8-7-11(18)19-15(20)22/h7-8,10,12-14,21H,9H2,1-6H3,(H,23,24)(H,25,26)(H2,18,19,22)/t10-,12?,13?,14-/m1/s1. The van der Waals surface area contributed by atoms with Gasteiger partial charge < -0.3 is 34.6 Å². The van der Waals surface area contributed by atoms with E-state index in [2.05, 4.69) is 4.98 Å². The van der Waals surface area contributed by atoms with Crippen LogP contribution in [0, 0.1) is 0 Å². The molecular formula is C17H31N3O9P2. The molecule has 1 aliphatic heterocycles. The van der Waals surface area contributed by atoms with Crippen molar-refractivity contribution in [3.05, 3.63) is 22.7 Å². The molecule has 31 heavy (non-hydrogen) atoms. The summed E-state index contributed by atoms with van der Waals surface area (Å²) in [5.74, 6) is -0.0267. The number of rotatable bonds is 7. The molecule has 0 aliphatic carbocycles. The summed E-state index contributed by atoms with van der Waals surface area (Å²) in [6, 6.07) is 1.33. The Balaban J connectivity index is 2.38. The number of hydrogen-bond acceptors (Lipinski definition) is 9. The van der Waals surface area contributed by atoms with E-state index in [1.807, 2.05) is 0 Å². The third-order valence-electron chi connectivity index (χ3n) is 5.12. The number of nitrogens with zero attached hydrogens (tertiary/aromatic N) is 2. The zero-order valence-electron chi connectivity index (χ0n) is 18.3. The minimum Gasteiger partial charge on any atom is -0.386 e. The van der Waals surface area contributed by atoms with E-state index in [4.69, 9.17) is 19.7 Å². The van der Waals surface area contributed by atoms with Crippen molar-refractivity contribution in [1.82, 2.24) is 9.55 Å². The van der Waals surface area contributed by atoms with Crippen LogP contribution in [0.4, 0.5) is 5.82 Å². The minimum atomic E-state index is -4.09. The number of aliphatic hydroxyl groups is 1. The van der Waals surface area contributed by atoms with Crippen LogP contribution in [-0.4, -0.2) is 66.5 Å². The number of aromatic nitrogens is 2. The van der Waals surface area contributed by atoms with Crippen LogP contribution in [0.1, 0.15) is 40.8 Å². The van der Waals surface area contributed by atoms with E-state index in [-0.39, 0.29) is 5.82 Å². The molecule has 0 spiro atoms. The zero-order valence-corrected chi connectivity index (χ0v) is 20.1. The molecule has 178 valence electrons. The number of aliphatic hydroxyl groups excluding tert-OH is 1. The predicted molar refractivity (Wildman–Crippen MR) is 113 cm³/mol. The van der Waals surface area contributed by atoms with Gasteiger partial charge in [0.2, 0.25) is 7.37 Å². The second kappa shape index (κ2) is 8.68. The molecule has 2 rings (SSSR count). The quantitative estimate of drug-likeness (QED) is 0.407. The van der Waals surface area contributed by atoms with Gasteiger partial charge in [0.05, 0.1) is 11.8 Å². The normalized spacial score (nSPS) is 28.8. The Morgan fingerprint density at radius 1 is 1.26 bits per heavy atom. The highest BCUT2D eigenvalue weighted by Gasteiger charge is 2.51. The predicted octanol–water partition coefficient (Wildman–Crippen LogP) is 1.11. The van der Waals surface area contributed by atoms with Crippen LogP contribution in [0.2, 0.25) is 0 Å². The number of nitrogens with two attached hydrogens (primary N) is 1. The molecule has 14 heteroatoms. The highest BCUT2D eigenvalue weighted by atomic mass is 31.2. The van der Waals surface area contributed by atoms with Gasteiger partial charge in [-0.15, -0.1) is 0 Å². The summed E-state index contributed by atoms with van der Waals surface area (Å²) in [5.41, 5.74) is 4.70. The molecule has 1 aromatic rings. The minimum absolute atomic E-state index is 0.0267. The second-order valence-electron chi connectivity index (χ2n) is 8.99. The van der Waals surface area contributed by atoms with E-state index in [0.29, 0.717) is 0 Å². The summed E-state index contributed by atoms with van der Waals surface area (Å²) in [6.07, 6.45) is -3.91. The van der Waals surface area contributed by atoms with Gasteiger partial charge in [-0.2, -0.15) is 4.98 Å². The number of nitrogen functional groups attached to an aromatic ring is 1. The lowest BCUT2D eigenvalue weighted by Crippen LogP contribution is -2.43. The zero-order chi connectivity index (χ0) is 24.0. The van der Waals surface area contributed by atoms with Gasteiger partial charge in [0.15, 0.2) is 6.23 Å². The smallest absolute Gasteiger partial charge is 0.351 e. The maximum Gasteiger partial charge on any atom is 0.351 e. The van der Waals surface area contributed by atoms with Crippen molar-refractivity contribution in [3.8, 4) is 0 Å². The number of ether oxygens (including phenoxy) is 2. The molecule has 0 saturated carbocycles. The average Bonchev–Trinajstić information content (AvgIpc) is 2.87. The van der Waals surface area contributed by atoms with Gasteiger partial charge in [0.25, 0.3) is 0 Å². The van der Waals surface area contributed by atoms with Crippen molar-refractivity contribution < 1.29 is 38.0 Å². The van der Waals surface area contributed by atoms with Crippen LogP contribution in [0.25, 0.3) is 0 Å². The van der Waals surface area contributed by atoms with E-state index in [1.54, 1.807) is 0 Å². The lowest BCUT2D eigenvalue weighted by Gasteiger charge is -2.34. The highest BCUT2D eigenvalue weighted by Crippen LogP contribution is 2.56. The van der Waals surface area contributed by atoms with Gasteiger partial charge in [-0.25, -0.2) is 4.79 Å². The van der Waals surface area contributed by atoms with E-state index in [1.165, 1.54) is 46.9 Å². The summed E-state index contributed by atoms with van der Waals surface area (Å²) in [4.78, 5) is 36.0. The summed E-state index contributed by atoms with van der Waals surface area (Å²) >= 11 is 0. The first-order valence-corrected chi connectivity index (χ1v) is 13.2. The molecule has 1 saturated heterocycles. The molecule has 2 heterocycles. The fourth-order valence-electron chi connectivity index (χ4n) is 2.65. The lowest BCUT2D eigenvalue weighted by molar-refractivity contribution is -0.0961. The van der Waals surface area contributed by atoms with E-state index in [0.717, 1.165) is 11.2 Å². The molecule has 1 aliphatic rings. The molecule has 5 N–H and O–H groups in total. The molecule has 0 amide bonds. The van der Waals surface area contributed by atoms with Crippen LogP contribution < -0.4 is 11.4 Å². The first-order valence-electron chi connectivity index (χ1n) is 9.51. The molecule has 4 unspecified atom stereocenters. The topological polar surface area (TPSA) is 183 Å². The van der Waals surface area contributed by atoms with Gasteiger partial charge in [-0.05, 0) is 40.7 Å². The van der Waals surface area contributed by atoms with Gasteiger partial charge in [-0.1, -0.05) is 0 Å². The van der Waals surface area contributed by atoms with Crippen LogP contribution in [0.5, 0.6) is 0 Å². The van der Waals surface area contributed by atoms with Crippen molar-refractivity contribution >= 4 is 20.8 Å². The lowest BCUT2D eigenvalue weighted by atomic mass is 10.1. The Morgan fingerprint density at radius 2 is 1.84 bits per heavy atom. The number of anilines is 1. The van der Waals surface area contributed by atoms with Crippen molar-refractivity contribution in [1.29, 1.82) is 0 Å². The Kier molecular flexibility index (Phi) is 7.33. The molecule has 0 aromatic carbocycles. The molecular weight excluding hydrogens is 452 g/mol. The largest absolute Gasteiger partial charge is 0.386 e. The molecule has 1 aromatic heterocycles. The number of hydrogen-bond donors (Lipinski definition) is 4. The summed E-state index contributed by atoms with van der Waals surface area (Å²) < 4.78 is 42.4.